The second-order valence-corrected chi connectivity index (χ2v) is 9.02. The number of benzene rings is 2. The van der Waals surface area contributed by atoms with E-state index in [9.17, 15) is 0 Å². The van der Waals surface area contributed by atoms with E-state index in [1.807, 2.05) is 0 Å². The lowest BCUT2D eigenvalue weighted by Gasteiger charge is -2.12. The highest BCUT2D eigenvalue weighted by Gasteiger charge is 2.41. The zero-order chi connectivity index (χ0) is 17.0. The lowest BCUT2D eigenvalue weighted by atomic mass is 10.1. The molecule has 25 heavy (non-hydrogen) atoms. The molecule has 3 aliphatic heterocycles. The van der Waals surface area contributed by atoms with E-state index in [-0.39, 0.29) is 0 Å². The first-order chi connectivity index (χ1) is 12.2. The molecular weight excluding hydrogens is 368 g/mol. The molecule has 0 fully saturated rings. The summed E-state index contributed by atoms with van der Waals surface area (Å²) in [6.07, 6.45) is 0. The molecule has 0 bridgehead atoms. The lowest BCUT2D eigenvalue weighted by molar-refractivity contribution is 0.953. The third kappa shape index (κ3) is 2.49. The maximum Gasteiger partial charge on any atom is 0.182 e. The van der Waals surface area contributed by atoms with Crippen LogP contribution in [0.15, 0.2) is 66.1 Å². The third-order valence-corrected chi connectivity index (χ3v) is 7.76. The minimum atomic E-state index is -0.432. The molecular formula is C18H14N4S3. The van der Waals surface area contributed by atoms with Gasteiger partial charge in [-0.15, -0.1) is 0 Å². The fourth-order valence-corrected chi connectivity index (χ4v) is 6.59. The second kappa shape index (κ2) is 5.86. The Morgan fingerprint density at radius 3 is 2.20 bits per heavy atom. The third-order valence-electron chi connectivity index (χ3n) is 4.18. The van der Waals surface area contributed by atoms with Crippen molar-refractivity contribution in [2.45, 2.75) is 13.8 Å². The maximum absolute atomic E-state index is 4.86. The number of aryl methyl sites for hydroxylation is 2. The van der Waals surface area contributed by atoms with Crippen molar-refractivity contribution >= 4 is 51.4 Å². The van der Waals surface area contributed by atoms with Crippen molar-refractivity contribution < 1.29 is 0 Å². The molecule has 1 unspecified atom stereocenters. The lowest BCUT2D eigenvalue weighted by Crippen LogP contribution is -2.22. The summed E-state index contributed by atoms with van der Waals surface area (Å²) in [6, 6.07) is 17.0. The Labute approximate surface area is 157 Å². The molecule has 0 aliphatic carbocycles. The molecule has 0 saturated heterocycles. The fourth-order valence-electron chi connectivity index (χ4n) is 2.78. The number of hydrogen-bond acceptors (Lipinski definition) is 6. The van der Waals surface area contributed by atoms with Crippen LogP contribution in [-0.4, -0.2) is 15.9 Å². The van der Waals surface area contributed by atoms with Crippen LogP contribution in [0.1, 0.15) is 22.3 Å². The zero-order valence-electron chi connectivity index (χ0n) is 13.6. The maximum atomic E-state index is 4.86. The highest BCUT2D eigenvalue weighted by atomic mass is 32.2. The van der Waals surface area contributed by atoms with Crippen molar-refractivity contribution in [3.8, 4) is 0 Å². The van der Waals surface area contributed by atoms with Gasteiger partial charge in [-0.05, 0) is 19.4 Å². The van der Waals surface area contributed by atoms with Crippen molar-refractivity contribution in [3.05, 3.63) is 75.8 Å². The van der Waals surface area contributed by atoms with Crippen molar-refractivity contribution in [1.82, 2.24) is 4.31 Å². The molecule has 0 aromatic heterocycles. The largest absolute Gasteiger partial charge is 0.236 e. The van der Waals surface area contributed by atoms with Gasteiger partial charge in [0.05, 0.1) is 15.8 Å². The van der Waals surface area contributed by atoms with Gasteiger partial charge in [0.25, 0.3) is 0 Å². The van der Waals surface area contributed by atoms with Crippen LogP contribution in [0.5, 0.6) is 0 Å². The summed E-state index contributed by atoms with van der Waals surface area (Å²) >= 11 is 3.01. The summed E-state index contributed by atoms with van der Waals surface area (Å²) in [5.74, 6) is 0.931. The van der Waals surface area contributed by atoms with Gasteiger partial charge in [0.15, 0.2) is 5.84 Å². The van der Waals surface area contributed by atoms with E-state index >= 15 is 0 Å². The summed E-state index contributed by atoms with van der Waals surface area (Å²) in [5.41, 5.74) is 5.76. The predicted octanol–water partition coefficient (Wildman–Crippen LogP) is 5.09. The Kier molecular flexibility index (Phi) is 3.62. The van der Waals surface area contributed by atoms with Crippen molar-refractivity contribution in [2.75, 3.05) is 0 Å². The molecule has 0 amide bonds. The SMILES string of the molecule is Cc1ccc(C2=NSN3C2=NS2=NSC(c4ccc(C)cc4)=C32)cc1. The summed E-state index contributed by atoms with van der Waals surface area (Å²) in [7, 11) is -0.432. The summed E-state index contributed by atoms with van der Waals surface area (Å²) in [5, 5.41) is 1.17. The molecule has 5 rings (SSSR count). The van der Waals surface area contributed by atoms with Gasteiger partial charge in [-0.2, -0.15) is 12.6 Å². The number of nitrogens with zero attached hydrogens (tertiary/aromatic N) is 4. The van der Waals surface area contributed by atoms with Crippen LogP contribution in [0.3, 0.4) is 0 Å². The van der Waals surface area contributed by atoms with Crippen molar-refractivity contribution in [3.63, 3.8) is 0 Å². The van der Waals surface area contributed by atoms with Crippen LogP contribution in [0.2, 0.25) is 0 Å². The predicted molar refractivity (Wildman–Crippen MR) is 110 cm³/mol. The number of amidine groups is 1. The summed E-state index contributed by atoms with van der Waals surface area (Å²) in [4.78, 5) is 1.19. The van der Waals surface area contributed by atoms with Crippen LogP contribution < -0.4 is 0 Å². The van der Waals surface area contributed by atoms with E-state index in [2.05, 4.69) is 74.8 Å². The van der Waals surface area contributed by atoms with E-state index < -0.39 is 10.9 Å². The monoisotopic (exact) mass is 382 g/mol. The van der Waals surface area contributed by atoms with Gasteiger partial charge in [0, 0.05) is 17.5 Å². The smallest absolute Gasteiger partial charge is 0.182 e. The zero-order valence-corrected chi connectivity index (χ0v) is 16.1. The van der Waals surface area contributed by atoms with Gasteiger partial charge in [-0.25, -0.2) is 4.31 Å². The second-order valence-electron chi connectivity index (χ2n) is 6.03. The van der Waals surface area contributed by atoms with Gasteiger partial charge < -0.3 is 0 Å². The molecule has 7 heteroatoms. The topological polar surface area (TPSA) is 40.3 Å². The molecule has 1 atom stereocenters. The Morgan fingerprint density at radius 2 is 1.52 bits per heavy atom. The molecule has 3 heterocycles. The molecule has 0 saturated carbocycles. The fraction of sp³-hybridized carbons (Fsp3) is 0.111. The van der Waals surface area contributed by atoms with Crippen LogP contribution in [0.25, 0.3) is 4.91 Å². The minimum Gasteiger partial charge on any atom is -0.236 e. The molecule has 124 valence electrons. The Hall–Kier alpha value is -1.83. The van der Waals surface area contributed by atoms with Crippen LogP contribution in [0, 0.1) is 13.8 Å². The van der Waals surface area contributed by atoms with Crippen LogP contribution in [-0.2, 0) is 10.9 Å². The van der Waals surface area contributed by atoms with Crippen molar-refractivity contribution in [2.24, 2.45) is 12.6 Å². The van der Waals surface area contributed by atoms with Gasteiger partial charge >= 0.3 is 0 Å². The Morgan fingerprint density at radius 1 is 0.880 bits per heavy atom. The molecule has 2 aromatic rings. The normalized spacial score (nSPS) is 21.0. The highest BCUT2D eigenvalue weighted by molar-refractivity contribution is 8.16. The van der Waals surface area contributed by atoms with Crippen LogP contribution >= 0.6 is 24.1 Å². The molecule has 0 N–H and O–H groups in total. The van der Waals surface area contributed by atoms with Crippen molar-refractivity contribution in [1.29, 1.82) is 0 Å². The average Bonchev–Trinajstić information content (AvgIpc) is 3.28. The van der Waals surface area contributed by atoms with Gasteiger partial charge in [-0.3, -0.25) is 0 Å². The van der Waals surface area contributed by atoms with E-state index in [0.717, 1.165) is 17.1 Å². The van der Waals surface area contributed by atoms with Crippen LogP contribution in [0.4, 0.5) is 0 Å². The van der Waals surface area contributed by atoms with E-state index in [1.165, 1.54) is 38.8 Å². The number of hydrogen-bond donors (Lipinski definition) is 0. The first-order valence-electron chi connectivity index (χ1n) is 7.86. The number of rotatable bonds is 2. The van der Waals surface area contributed by atoms with E-state index in [1.54, 1.807) is 11.9 Å². The summed E-state index contributed by atoms with van der Waals surface area (Å²) < 4.78 is 16.4. The van der Waals surface area contributed by atoms with E-state index in [0.29, 0.717) is 0 Å². The van der Waals surface area contributed by atoms with Gasteiger partial charge in [-0.1, -0.05) is 59.7 Å². The quantitative estimate of drug-likeness (QED) is 0.679. The first kappa shape index (κ1) is 15.4. The minimum absolute atomic E-state index is 0.432. The standard InChI is InChI=1S/C18H14N4S3/c1-11-3-7-13(8-4-11)15-17-20-25-18(22(17)24-19-15)16(23-21-25)14-9-5-12(2)6-10-14/h3-10H,1-2H3. The average molecular weight is 383 g/mol. The van der Waals surface area contributed by atoms with E-state index in [4.69, 9.17) is 4.40 Å². The van der Waals surface area contributed by atoms with Gasteiger partial charge in [0.1, 0.15) is 22.9 Å². The Balaban J connectivity index is 1.54. The Bertz CT molecular complexity index is 1000. The molecule has 4 nitrogen and oxygen atoms in total. The first-order valence-corrected chi connectivity index (χ1v) is 10.5. The van der Waals surface area contributed by atoms with Gasteiger partial charge in [0.2, 0.25) is 0 Å². The molecule has 2 aromatic carbocycles. The molecule has 0 spiro atoms. The summed E-state index contributed by atoms with van der Waals surface area (Å²) in [6.45, 7) is 4.20. The highest BCUT2D eigenvalue weighted by Crippen LogP contribution is 2.48. The molecule has 3 aliphatic rings. The number of fused-ring (bicyclic) bond motifs is 3. The molecule has 0 radical (unpaired) electrons.